The van der Waals surface area contributed by atoms with Gasteiger partial charge in [0.05, 0.1) is 0 Å². The molecule has 0 aliphatic rings. The van der Waals surface area contributed by atoms with Gasteiger partial charge in [-0.25, -0.2) is 4.79 Å². The smallest absolute Gasteiger partial charge is 0.321 e. The number of thiocarbonyl (C=S) groups is 1. The van der Waals surface area contributed by atoms with Crippen molar-refractivity contribution in [3.05, 3.63) is 24.3 Å². The Hall–Kier alpha value is -1.82. The molecule has 0 aromatic heterocycles. The van der Waals surface area contributed by atoms with E-state index >= 15 is 0 Å². The minimum atomic E-state index is -0.128. The maximum Gasteiger partial charge on any atom is 0.321 e. The van der Waals surface area contributed by atoms with Gasteiger partial charge < -0.3 is 20.7 Å². The summed E-state index contributed by atoms with van der Waals surface area (Å²) in [4.78, 5) is 13.9. The summed E-state index contributed by atoms with van der Waals surface area (Å²) in [5, 5.41) is 2.81. The van der Waals surface area contributed by atoms with E-state index in [1.807, 2.05) is 13.8 Å². The number of amides is 2. The van der Waals surface area contributed by atoms with Crippen molar-refractivity contribution < 1.29 is 9.53 Å². The van der Waals surface area contributed by atoms with E-state index in [0.29, 0.717) is 24.5 Å². The molecule has 0 saturated heterocycles. The highest BCUT2D eigenvalue weighted by Gasteiger charge is 2.09. The van der Waals surface area contributed by atoms with E-state index in [2.05, 4.69) is 5.32 Å². The third kappa shape index (κ3) is 5.13. The van der Waals surface area contributed by atoms with Crippen molar-refractivity contribution in [2.24, 2.45) is 5.73 Å². The number of hydrogen-bond acceptors (Lipinski definition) is 3. The van der Waals surface area contributed by atoms with Crippen molar-refractivity contribution in [2.75, 3.05) is 25.0 Å². The fourth-order valence-electron chi connectivity index (χ4n) is 1.53. The topological polar surface area (TPSA) is 67.6 Å². The zero-order chi connectivity index (χ0) is 14.3. The van der Waals surface area contributed by atoms with Crippen LogP contribution in [0.4, 0.5) is 10.5 Å². The maximum absolute atomic E-state index is 11.9. The zero-order valence-corrected chi connectivity index (χ0v) is 12.0. The molecule has 0 aliphatic carbocycles. The van der Waals surface area contributed by atoms with E-state index in [0.717, 1.165) is 0 Å². The molecule has 0 aliphatic heterocycles. The van der Waals surface area contributed by atoms with Crippen molar-refractivity contribution in [1.82, 2.24) is 4.90 Å². The Morgan fingerprint density at radius 1 is 1.42 bits per heavy atom. The molecular formula is C13H19N3O2S. The fraction of sp³-hybridized carbons (Fsp3) is 0.385. The number of urea groups is 1. The molecule has 0 bridgehead atoms. The first kappa shape index (κ1) is 15.2. The van der Waals surface area contributed by atoms with Crippen LogP contribution in [0.3, 0.4) is 0 Å². The molecule has 5 nitrogen and oxygen atoms in total. The highest BCUT2D eigenvalue weighted by molar-refractivity contribution is 7.80. The zero-order valence-electron chi connectivity index (χ0n) is 11.2. The minimum absolute atomic E-state index is 0.128. The largest absolute Gasteiger partial charge is 0.486 e. The van der Waals surface area contributed by atoms with Crippen molar-refractivity contribution >= 4 is 28.9 Å². The number of anilines is 1. The van der Waals surface area contributed by atoms with Gasteiger partial charge in [0.1, 0.15) is 17.3 Å². The Morgan fingerprint density at radius 2 is 2.11 bits per heavy atom. The molecule has 104 valence electrons. The molecule has 3 N–H and O–H groups in total. The van der Waals surface area contributed by atoms with Gasteiger partial charge in [-0.15, -0.1) is 0 Å². The maximum atomic E-state index is 11.9. The number of benzene rings is 1. The number of carbonyl (C=O) groups excluding carboxylic acids is 1. The van der Waals surface area contributed by atoms with Gasteiger partial charge in [0, 0.05) is 24.8 Å². The van der Waals surface area contributed by atoms with Crippen LogP contribution in [0.5, 0.6) is 5.75 Å². The second-order valence-electron chi connectivity index (χ2n) is 3.89. The molecule has 0 spiro atoms. The second-order valence-corrected chi connectivity index (χ2v) is 4.41. The highest BCUT2D eigenvalue weighted by Crippen LogP contribution is 2.17. The van der Waals surface area contributed by atoms with Crippen molar-refractivity contribution in [3.63, 3.8) is 0 Å². The van der Waals surface area contributed by atoms with E-state index in [1.54, 1.807) is 29.2 Å². The average molecular weight is 281 g/mol. The van der Waals surface area contributed by atoms with Gasteiger partial charge in [0.2, 0.25) is 0 Å². The molecule has 1 rings (SSSR count). The lowest BCUT2D eigenvalue weighted by Crippen LogP contribution is -2.34. The third-order valence-corrected chi connectivity index (χ3v) is 2.63. The summed E-state index contributed by atoms with van der Waals surface area (Å²) in [6.45, 7) is 5.39. The molecule has 0 fully saturated rings. The van der Waals surface area contributed by atoms with E-state index in [9.17, 15) is 4.79 Å². The van der Waals surface area contributed by atoms with Crippen LogP contribution in [-0.2, 0) is 0 Å². The molecular weight excluding hydrogens is 262 g/mol. The Bertz CT molecular complexity index is 447. The molecule has 0 unspecified atom stereocenters. The molecule has 1 aromatic rings. The van der Waals surface area contributed by atoms with Gasteiger partial charge in [-0.3, -0.25) is 0 Å². The SMILES string of the molecule is CCN(CC)C(=O)Nc1cccc(OCC(N)=S)c1. The fourth-order valence-corrected chi connectivity index (χ4v) is 1.59. The first-order chi connectivity index (χ1) is 9.06. The summed E-state index contributed by atoms with van der Waals surface area (Å²) in [6, 6.07) is 6.99. The molecule has 2 amide bonds. The van der Waals surface area contributed by atoms with Crippen LogP contribution < -0.4 is 15.8 Å². The Labute approximate surface area is 118 Å². The summed E-state index contributed by atoms with van der Waals surface area (Å²) in [6.07, 6.45) is 0. The average Bonchev–Trinajstić information content (AvgIpc) is 2.38. The van der Waals surface area contributed by atoms with Crippen LogP contribution >= 0.6 is 12.2 Å². The highest BCUT2D eigenvalue weighted by atomic mass is 32.1. The predicted octanol–water partition coefficient (Wildman–Crippen LogP) is 2.23. The van der Waals surface area contributed by atoms with Crippen LogP contribution in [0.25, 0.3) is 0 Å². The number of nitrogens with two attached hydrogens (primary N) is 1. The molecule has 0 saturated carbocycles. The van der Waals surface area contributed by atoms with Crippen LogP contribution in [0.2, 0.25) is 0 Å². The van der Waals surface area contributed by atoms with Crippen LogP contribution in [0.1, 0.15) is 13.8 Å². The Morgan fingerprint density at radius 3 is 2.68 bits per heavy atom. The van der Waals surface area contributed by atoms with Gasteiger partial charge in [-0.2, -0.15) is 0 Å². The van der Waals surface area contributed by atoms with E-state index in [-0.39, 0.29) is 17.6 Å². The van der Waals surface area contributed by atoms with E-state index in [1.165, 1.54) is 0 Å². The van der Waals surface area contributed by atoms with E-state index in [4.69, 9.17) is 22.7 Å². The normalized spacial score (nSPS) is 9.79. The Balaban J connectivity index is 2.66. The number of carbonyl (C=O) groups is 1. The first-order valence-corrected chi connectivity index (χ1v) is 6.54. The molecule has 1 aromatic carbocycles. The Kier molecular flexibility index (Phi) is 6.08. The molecule has 0 heterocycles. The van der Waals surface area contributed by atoms with Crippen molar-refractivity contribution in [1.29, 1.82) is 0 Å². The molecule has 6 heteroatoms. The van der Waals surface area contributed by atoms with Gasteiger partial charge in [0.25, 0.3) is 0 Å². The molecule has 0 atom stereocenters. The van der Waals surface area contributed by atoms with Gasteiger partial charge in [-0.1, -0.05) is 18.3 Å². The quantitative estimate of drug-likeness (QED) is 0.785. The van der Waals surface area contributed by atoms with Gasteiger partial charge in [-0.05, 0) is 26.0 Å². The number of rotatable bonds is 6. The second kappa shape index (κ2) is 7.58. The van der Waals surface area contributed by atoms with Crippen LogP contribution in [0, 0.1) is 0 Å². The summed E-state index contributed by atoms with van der Waals surface area (Å²) < 4.78 is 5.37. The molecule has 19 heavy (non-hydrogen) atoms. The van der Waals surface area contributed by atoms with Crippen LogP contribution in [0.15, 0.2) is 24.3 Å². The van der Waals surface area contributed by atoms with E-state index < -0.39 is 0 Å². The lowest BCUT2D eigenvalue weighted by Gasteiger charge is -2.19. The summed E-state index contributed by atoms with van der Waals surface area (Å²) in [5.41, 5.74) is 6.04. The van der Waals surface area contributed by atoms with Gasteiger partial charge in [0.15, 0.2) is 0 Å². The third-order valence-electron chi connectivity index (χ3n) is 2.52. The number of nitrogens with zero attached hydrogens (tertiary/aromatic N) is 1. The lowest BCUT2D eigenvalue weighted by molar-refractivity contribution is 0.217. The van der Waals surface area contributed by atoms with Crippen LogP contribution in [-0.4, -0.2) is 35.6 Å². The van der Waals surface area contributed by atoms with Gasteiger partial charge >= 0.3 is 6.03 Å². The van der Waals surface area contributed by atoms with Crippen molar-refractivity contribution in [2.45, 2.75) is 13.8 Å². The lowest BCUT2D eigenvalue weighted by atomic mass is 10.3. The monoisotopic (exact) mass is 281 g/mol. The first-order valence-electron chi connectivity index (χ1n) is 6.13. The minimum Gasteiger partial charge on any atom is -0.486 e. The van der Waals surface area contributed by atoms with Crippen molar-refractivity contribution in [3.8, 4) is 5.75 Å². The number of hydrogen-bond donors (Lipinski definition) is 2. The number of nitrogens with one attached hydrogen (secondary N) is 1. The summed E-state index contributed by atoms with van der Waals surface area (Å²) >= 11 is 4.74. The summed E-state index contributed by atoms with van der Waals surface area (Å²) in [5.74, 6) is 0.616. The summed E-state index contributed by atoms with van der Waals surface area (Å²) in [7, 11) is 0. The standard InChI is InChI=1S/C13H19N3O2S/c1-3-16(4-2)13(17)15-10-6-5-7-11(8-10)18-9-12(14)19/h5-8H,3-4,9H2,1-2H3,(H2,14,19)(H,15,17). The molecule has 0 radical (unpaired) electrons. The number of ether oxygens (including phenoxy) is 1. The predicted molar refractivity (Wildman–Crippen MR) is 80.7 cm³/mol.